The van der Waals surface area contributed by atoms with E-state index in [2.05, 4.69) is 35.9 Å². The first kappa shape index (κ1) is 19.4. The number of piperidine rings is 1. The van der Waals surface area contributed by atoms with Gasteiger partial charge in [0, 0.05) is 43.0 Å². The van der Waals surface area contributed by atoms with Crippen LogP contribution < -0.4 is 15.0 Å². The highest BCUT2D eigenvalue weighted by Gasteiger charge is 2.39. The van der Waals surface area contributed by atoms with Crippen LogP contribution in [0.5, 0.6) is 5.75 Å². The van der Waals surface area contributed by atoms with Gasteiger partial charge in [0.15, 0.2) is 0 Å². The molecule has 2 bridgehead atoms. The average Bonchev–Trinajstić information content (AvgIpc) is 2.61. The van der Waals surface area contributed by atoms with Crippen molar-refractivity contribution >= 4 is 44.9 Å². The summed E-state index contributed by atoms with van der Waals surface area (Å²) >= 11 is 8.20. The van der Waals surface area contributed by atoms with Gasteiger partial charge in [0.2, 0.25) is 0 Å². The number of rotatable bonds is 5. The SMILES string of the molecule is O=C(Nc1ccc(OC(F)(F)Cl)cc1)c1cnc(N2CC3CC(C2)O3)c(Br)c1. The molecular formula is C18H15BrClF2N3O3. The Labute approximate surface area is 172 Å². The molecule has 148 valence electrons. The monoisotopic (exact) mass is 473 g/mol. The molecule has 2 aromatic rings. The Morgan fingerprint density at radius 2 is 1.96 bits per heavy atom. The molecule has 3 fully saturated rings. The Balaban J connectivity index is 1.41. The van der Waals surface area contributed by atoms with Crippen molar-refractivity contribution in [1.82, 2.24) is 4.98 Å². The van der Waals surface area contributed by atoms with E-state index in [0.29, 0.717) is 11.3 Å². The predicted octanol–water partition coefficient (Wildman–Crippen LogP) is 4.24. The van der Waals surface area contributed by atoms with E-state index in [-0.39, 0.29) is 23.9 Å². The van der Waals surface area contributed by atoms with E-state index in [1.807, 2.05) is 0 Å². The van der Waals surface area contributed by atoms with Crippen molar-refractivity contribution < 1.29 is 23.0 Å². The summed E-state index contributed by atoms with van der Waals surface area (Å²) in [5.74, 6) is 0.286. The predicted molar refractivity (Wildman–Crippen MR) is 103 cm³/mol. The molecule has 1 aromatic carbocycles. The van der Waals surface area contributed by atoms with Gasteiger partial charge in [-0.1, -0.05) is 0 Å². The normalized spacial score (nSPS) is 21.1. The number of hydrogen-bond acceptors (Lipinski definition) is 5. The third-order valence-electron chi connectivity index (χ3n) is 4.49. The molecule has 0 saturated carbocycles. The van der Waals surface area contributed by atoms with Crippen LogP contribution in [-0.2, 0) is 4.74 Å². The molecule has 1 aromatic heterocycles. The van der Waals surface area contributed by atoms with Gasteiger partial charge in [-0.05, 0) is 46.3 Å². The van der Waals surface area contributed by atoms with Crippen LogP contribution in [0.25, 0.3) is 0 Å². The number of nitrogens with one attached hydrogen (secondary N) is 1. The van der Waals surface area contributed by atoms with Crippen molar-refractivity contribution in [1.29, 1.82) is 0 Å². The van der Waals surface area contributed by atoms with Gasteiger partial charge in [0.1, 0.15) is 11.6 Å². The summed E-state index contributed by atoms with van der Waals surface area (Å²) < 4.78 is 35.8. The summed E-state index contributed by atoms with van der Waals surface area (Å²) in [5.41, 5.74) is -3.00. The van der Waals surface area contributed by atoms with E-state index in [1.165, 1.54) is 30.5 Å². The molecule has 3 saturated heterocycles. The van der Waals surface area contributed by atoms with Gasteiger partial charge in [-0.15, -0.1) is 8.78 Å². The number of morpholine rings is 1. The van der Waals surface area contributed by atoms with E-state index < -0.39 is 5.57 Å². The molecule has 5 rings (SSSR count). The highest BCUT2D eigenvalue weighted by Crippen LogP contribution is 2.34. The second-order valence-electron chi connectivity index (χ2n) is 6.58. The second-order valence-corrected chi connectivity index (χ2v) is 7.87. The molecule has 10 heteroatoms. The lowest BCUT2D eigenvalue weighted by molar-refractivity contribution is -0.133. The van der Waals surface area contributed by atoms with Gasteiger partial charge in [-0.3, -0.25) is 4.79 Å². The zero-order valence-corrected chi connectivity index (χ0v) is 16.7. The number of anilines is 2. The Bertz CT molecular complexity index is 879. The zero-order chi connectivity index (χ0) is 19.9. The van der Waals surface area contributed by atoms with E-state index in [4.69, 9.17) is 16.3 Å². The molecule has 0 spiro atoms. The first-order valence-electron chi connectivity index (χ1n) is 8.50. The number of alkyl halides is 3. The molecule has 3 aliphatic rings. The Hall–Kier alpha value is -1.97. The second kappa shape index (κ2) is 7.46. The van der Waals surface area contributed by atoms with Gasteiger partial charge < -0.3 is 19.7 Å². The van der Waals surface area contributed by atoms with Crippen LogP contribution in [0.4, 0.5) is 20.3 Å². The topological polar surface area (TPSA) is 63.7 Å². The number of fused-ring (bicyclic) bond motifs is 2. The van der Waals surface area contributed by atoms with Crippen molar-refractivity contribution in [3.05, 3.63) is 46.6 Å². The molecule has 0 radical (unpaired) electrons. The van der Waals surface area contributed by atoms with Crippen LogP contribution in [0.2, 0.25) is 0 Å². The number of ether oxygens (including phenoxy) is 2. The van der Waals surface area contributed by atoms with Crippen molar-refractivity contribution in [3.63, 3.8) is 0 Å². The zero-order valence-electron chi connectivity index (χ0n) is 14.4. The van der Waals surface area contributed by atoms with Crippen LogP contribution in [0.15, 0.2) is 41.0 Å². The highest BCUT2D eigenvalue weighted by molar-refractivity contribution is 9.10. The van der Waals surface area contributed by atoms with E-state index in [1.54, 1.807) is 6.07 Å². The smallest absolute Gasteiger partial charge is 0.420 e. The minimum absolute atomic E-state index is 0.115. The maximum atomic E-state index is 12.6. The molecule has 2 unspecified atom stereocenters. The summed E-state index contributed by atoms with van der Waals surface area (Å²) in [5, 5.41) is 2.68. The largest absolute Gasteiger partial charge is 0.487 e. The molecule has 28 heavy (non-hydrogen) atoms. The lowest BCUT2D eigenvalue weighted by Gasteiger charge is -2.47. The van der Waals surface area contributed by atoms with Crippen molar-refractivity contribution in [2.45, 2.75) is 24.2 Å². The lowest BCUT2D eigenvalue weighted by Crippen LogP contribution is -2.57. The standard InChI is InChI=1S/C18H15BrClF2N3O3/c19-15-5-10(7-23-16(15)25-8-13-6-14(9-25)27-13)17(26)24-11-1-3-12(4-2-11)28-18(20,21)22/h1-5,7,13-14H,6,8-9H2,(H,24,26). The minimum Gasteiger partial charge on any atom is -0.420 e. The molecule has 1 amide bonds. The maximum Gasteiger partial charge on any atom is 0.487 e. The summed E-state index contributed by atoms with van der Waals surface area (Å²) in [7, 11) is 0. The average molecular weight is 475 g/mol. The fourth-order valence-corrected chi connectivity index (χ4v) is 3.95. The van der Waals surface area contributed by atoms with Gasteiger partial charge in [-0.25, -0.2) is 4.98 Å². The van der Waals surface area contributed by atoms with Crippen molar-refractivity contribution in [3.8, 4) is 5.75 Å². The number of carbonyl (C=O) groups excluding carboxylic acids is 1. The van der Waals surface area contributed by atoms with Gasteiger partial charge in [-0.2, -0.15) is 0 Å². The Morgan fingerprint density at radius 1 is 1.32 bits per heavy atom. The molecule has 1 N–H and O–H groups in total. The number of benzene rings is 1. The fourth-order valence-electron chi connectivity index (χ4n) is 3.26. The van der Waals surface area contributed by atoms with Gasteiger partial charge in [0.25, 0.3) is 5.91 Å². The number of nitrogens with zero attached hydrogens (tertiary/aromatic N) is 2. The minimum atomic E-state index is -3.79. The quantitative estimate of drug-likeness (QED) is 0.657. The van der Waals surface area contributed by atoms with Crippen LogP contribution in [0, 0.1) is 0 Å². The number of carbonyl (C=O) groups is 1. The first-order valence-corrected chi connectivity index (χ1v) is 9.67. The molecule has 6 nitrogen and oxygen atoms in total. The number of pyridine rings is 1. The van der Waals surface area contributed by atoms with E-state index in [9.17, 15) is 13.6 Å². The molecular weight excluding hydrogens is 460 g/mol. The van der Waals surface area contributed by atoms with Gasteiger partial charge >= 0.3 is 5.57 Å². The van der Waals surface area contributed by atoms with Crippen LogP contribution in [0.3, 0.4) is 0 Å². The molecule has 0 aliphatic carbocycles. The van der Waals surface area contributed by atoms with Crippen LogP contribution in [0.1, 0.15) is 16.8 Å². The summed E-state index contributed by atoms with van der Waals surface area (Å²) in [6, 6.07) is 7.14. The molecule has 2 atom stereocenters. The first-order chi connectivity index (χ1) is 13.3. The number of aromatic nitrogens is 1. The third kappa shape index (κ3) is 4.37. The Kier molecular flexibility index (Phi) is 5.15. The van der Waals surface area contributed by atoms with Gasteiger partial charge in [0.05, 0.1) is 22.2 Å². The summed E-state index contributed by atoms with van der Waals surface area (Å²) in [6.45, 7) is 1.56. The summed E-state index contributed by atoms with van der Waals surface area (Å²) in [4.78, 5) is 19.0. The van der Waals surface area contributed by atoms with Crippen molar-refractivity contribution in [2.75, 3.05) is 23.3 Å². The van der Waals surface area contributed by atoms with Crippen LogP contribution in [-0.4, -0.2) is 41.8 Å². The van der Waals surface area contributed by atoms with Crippen LogP contribution >= 0.6 is 27.5 Å². The highest BCUT2D eigenvalue weighted by atomic mass is 79.9. The number of amides is 1. The number of halogens is 4. The number of hydrogen-bond donors (Lipinski definition) is 1. The fraction of sp³-hybridized carbons (Fsp3) is 0.333. The molecule has 3 aliphatic heterocycles. The molecule has 4 heterocycles. The summed E-state index contributed by atoms with van der Waals surface area (Å²) in [6.07, 6.45) is 3.09. The Morgan fingerprint density at radius 3 is 2.54 bits per heavy atom. The third-order valence-corrected chi connectivity index (χ3v) is 5.15. The van der Waals surface area contributed by atoms with E-state index in [0.717, 1.165) is 29.8 Å². The lowest BCUT2D eigenvalue weighted by atomic mass is 9.99. The van der Waals surface area contributed by atoms with Crippen molar-refractivity contribution in [2.24, 2.45) is 0 Å². The van der Waals surface area contributed by atoms with E-state index >= 15 is 0 Å². The maximum absolute atomic E-state index is 12.6.